The van der Waals surface area contributed by atoms with Gasteiger partial charge in [0.15, 0.2) is 0 Å². The summed E-state index contributed by atoms with van der Waals surface area (Å²) in [4.78, 5) is 11.2. The fraction of sp³-hybridized carbons (Fsp3) is 0.400. The molecule has 1 saturated carbocycles. The molecule has 0 spiro atoms. The van der Waals surface area contributed by atoms with Crippen molar-refractivity contribution in [3.63, 3.8) is 0 Å². The summed E-state index contributed by atoms with van der Waals surface area (Å²) in [5, 5.41) is 4.91. The average Bonchev–Trinajstić information content (AvgIpc) is 3.58. The molecule has 6 heteroatoms. The van der Waals surface area contributed by atoms with Gasteiger partial charge in [0, 0.05) is 60.2 Å². The molecule has 0 amide bonds. The van der Waals surface area contributed by atoms with Crippen LogP contribution in [0.3, 0.4) is 0 Å². The van der Waals surface area contributed by atoms with Crippen LogP contribution in [0.2, 0.25) is 0 Å². The maximum Gasteiger partial charge on any atom is 0.220 e. The number of nitrogens with one attached hydrogen (secondary N) is 1. The van der Waals surface area contributed by atoms with Gasteiger partial charge >= 0.3 is 0 Å². The summed E-state index contributed by atoms with van der Waals surface area (Å²) in [5.41, 5.74) is 14.5. The Morgan fingerprint density at radius 1 is 1.11 bits per heavy atom. The van der Waals surface area contributed by atoms with E-state index >= 15 is 0 Å². The van der Waals surface area contributed by atoms with Crippen molar-refractivity contribution in [1.29, 1.82) is 0 Å². The maximum absolute atomic E-state index is 5.94. The zero-order valence-corrected chi connectivity index (χ0v) is 21.8. The molecule has 1 aliphatic heterocycles. The summed E-state index contributed by atoms with van der Waals surface area (Å²) >= 11 is 0. The van der Waals surface area contributed by atoms with Crippen LogP contribution in [-0.2, 0) is 6.54 Å². The molecule has 1 saturated heterocycles. The van der Waals surface area contributed by atoms with Gasteiger partial charge in [-0.15, -0.1) is 0 Å². The number of piperazine rings is 1. The molecule has 36 heavy (non-hydrogen) atoms. The van der Waals surface area contributed by atoms with E-state index in [1.165, 1.54) is 46.1 Å². The van der Waals surface area contributed by atoms with E-state index in [4.69, 9.17) is 5.73 Å². The zero-order chi connectivity index (χ0) is 25.0. The van der Waals surface area contributed by atoms with E-state index in [2.05, 4.69) is 95.0 Å². The molecule has 3 N–H and O–H groups in total. The smallest absolute Gasteiger partial charge is 0.220 e. The topological polar surface area (TPSA) is 72.0 Å². The third kappa shape index (κ3) is 4.63. The lowest BCUT2D eigenvalue weighted by molar-refractivity contribution is 0.117. The summed E-state index contributed by atoms with van der Waals surface area (Å²) in [6.07, 6.45) is 6.53. The van der Waals surface area contributed by atoms with Crippen molar-refractivity contribution in [2.45, 2.75) is 64.6 Å². The average molecular weight is 481 g/mol. The molecule has 1 unspecified atom stereocenters. The molecule has 1 aliphatic carbocycles. The van der Waals surface area contributed by atoms with Crippen LogP contribution in [0.1, 0.15) is 56.2 Å². The van der Waals surface area contributed by atoms with Crippen LogP contribution in [0.25, 0.3) is 27.8 Å². The molecule has 2 aromatic carbocycles. The number of aromatic nitrogens is 3. The van der Waals surface area contributed by atoms with Crippen LogP contribution in [-0.4, -0.2) is 44.1 Å². The highest BCUT2D eigenvalue weighted by Gasteiger charge is 2.30. The normalized spacial score (nSPS) is 20.2. The Morgan fingerprint density at radius 3 is 2.69 bits per heavy atom. The standard InChI is InChI=1S/C30H36N6/c1-19-5-8-25-26(27-9-10-32-29(31)33-27)17-36(28(25)11-19)24-13-21(12-23(14-24)22-6-7-22)16-35-15-20(2)34-30(3,4)18-35/h5,8-14,17,20,22,34H,6-7,15-16,18H2,1-4H3,(H2,31,32,33). The van der Waals surface area contributed by atoms with Crippen LogP contribution in [0, 0.1) is 6.92 Å². The minimum atomic E-state index is 0.122. The lowest BCUT2D eigenvalue weighted by Gasteiger charge is -2.42. The van der Waals surface area contributed by atoms with E-state index in [0.717, 1.165) is 30.9 Å². The van der Waals surface area contributed by atoms with E-state index in [-0.39, 0.29) is 5.54 Å². The van der Waals surface area contributed by atoms with Crippen molar-refractivity contribution in [3.8, 4) is 16.9 Å². The molecular formula is C30H36N6. The molecule has 0 bridgehead atoms. The Bertz CT molecular complexity index is 1430. The summed E-state index contributed by atoms with van der Waals surface area (Å²) in [5.74, 6) is 0.985. The van der Waals surface area contributed by atoms with Crippen LogP contribution in [0.4, 0.5) is 5.95 Å². The Hall–Kier alpha value is -3.22. The lowest BCUT2D eigenvalue weighted by Crippen LogP contribution is -2.60. The van der Waals surface area contributed by atoms with Crippen molar-refractivity contribution in [2.24, 2.45) is 0 Å². The van der Waals surface area contributed by atoms with Crippen molar-refractivity contribution in [2.75, 3.05) is 18.8 Å². The minimum Gasteiger partial charge on any atom is -0.368 e. The van der Waals surface area contributed by atoms with Crippen molar-refractivity contribution < 1.29 is 0 Å². The zero-order valence-electron chi connectivity index (χ0n) is 21.8. The molecular weight excluding hydrogens is 444 g/mol. The molecule has 6 rings (SSSR count). The van der Waals surface area contributed by atoms with Crippen LogP contribution < -0.4 is 11.1 Å². The molecule has 2 aromatic heterocycles. The first-order valence-corrected chi connectivity index (χ1v) is 13.1. The van der Waals surface area contributed by atoms with Gasteiger partial charge in [-0.1, -0.05) is 18.2 Å². The quantitative estimate of drug-likeness (QED) is 0.399. The number of nitrogens with zero attached hydrogens (tertiary/aromatic N) is 4. The van der Waals surface area contributed by atoms with Crippen LogP contribution in [0.15, 0.2) is 54.9 Å². The highest BCUT2D eigenvalue weighted by atomic mass is 15.2. The highest BCUT2D eigenvalue weighted by Crippen LogP contribution is 2.42. The largest absolute Gasteiger partial charge is 0.368 e. The van der Waals surface area contributed by atoms with E-state index in [1.807, 2.05) is 6.07 Å². The molecule has 1 atom stereocenters. The number of nitrogen functional groups attached to an aromatic ring is 1. The number of benzene rings is 2. The summed E-state index contributed by atoms with van der Waals surface area (Å²) in [6, 6.07) is 16.3. The van der Waals surface area contributed by atoms with Crippen molar-refractivity contribution >= 4 is 16.9 Å². The van der Waals surface area contributed by atoms with E-state index < -0.39 is 0 Å². The first-order chi connectivity index (χ1) is 17.2. The third-order valence-corrected chi connectivity index (χ3v) is 7.43. The molecule has 6 nitrogen and oxygen atoms in total. The monoisotopic (exact) mass is 480 g/mol. The van der Waals surface area contributed by atoms with Gasteiger partial charge in [0.1, 0.15) is 0 Å². The predicted molar refractivity (Wildman–Crippen MR) is 147 cm³/mol. The summed E-state index contributed by atoms with van der Waals surface area (Å²) in [6.45, 7) is 12.1. The number of rotatable bonds is 5. The van der Waals surface area contributed by atoms with E-state index in [0.29, 0.717) is 17.9 Å². The lowest BCUT2D eigenvalue weighted by atomic mass is 9.98. The number of hydrogen-bond donors (Lipinski definition) is 2. The predicted octanol–water partition coefficient (Wildman–Crippen LogP) is 5.43. The van der Waals surface area contributed by atoms with Gasteiger partial charge in [0.2, 0.25) is 5.95 Å². The van der Waals surface area contributed by atoms with E-state index in [9.17, 15) is 0 Å². The second-order valence-electron chi connectivity index (χ2n) is 11.5. The SMILES string of the molecule is Cc1ccc2c(-c3ccnc(N)n3)cn(-c3cc(CN4CC(C)NC(C)(C)C4)cc(C4CC4)c3)c2c1. The van der Waals surface area contributed by atoms with Gasteiger partial charge in [-0.2, -0.15) is 0 Å². The van der Waals surface area contributed by atoms with Crippen LogP contribution in [0.5, 0.6) is 0 Å². The van der Waals surface area contributed by atoms with E-state index in [1.54, 1.807) is 6.20 Å². The van der Waals surface area contributed by atoms with Crippen molar-refractivity contribution in [1.82, 2.24) is 24.8 Å². The first-order valence-electron chi connectivity index (χ1n) is 13.1. The molecule has 2 aliphatic rings. The number of aryl methyl sites for hydroxylation is 1. The van der Waals surface area contributed by atoms with Crippen LogP contribution >= 0.6 is 0 Å². The number of hydrogen-bond acceptors (Lipinski definition) is 5. The van der Waals surface area contributed by atoms with Crippen molar-refractivity contribution in [3.05, 3.63) is 71.5 Å². The Morgan fingerprint density at radius 2 is 1.94 bits per heavy atom. The minimum absolute atomic E-state index is 0.122. The summed E-state index contributed by atoms with van der Waals surface area (Å²) < 4.78 is 2.34. The highest BCUT2D eigenvalue weighted by molar-refractivity contribution is 5.96. The second-order valence-corrected chi connectivity index (χ2v) is 11.5. The fourth-order valence-corrected chi connectivity index (χ4v) is 6.01. The Kier molecular flexibility index (Phi) is 5.61. The Balaban J connectivity index is 1.45. The molecule has 4 aromatic rings. The van der Waals surface area contributed by atoms with Gasteiger partial charge in [-0.25, -0.2) is 9.97 Å². The maximum atomic E-state index is 5.94. The number of fused-ring (bicyclic) bond motifs is 1. The number of nitrogens with two attached hydrogens (primary N) is 1. The number of anilines is 1. The Labute approximate surface area is 213 Å². The van der Waals surface area contributed by atoms with Gasteiger partial charge in [0.05, 0.1) is 11.2 Å². The third-order valence-electron chi connectivity index (χ3n) is 7.43. The van der Waals surface area contributed by atoms with Gasteiger partial charge in [-0.05, 0) is 87.4 Å². The van der Waals surface area contributed by atoms with Gasteiger partial charge in [-0.3, -0.25) is 4.90 Å². The second kappa shape index (κ2) is 8.71. The summed E-state index contributed by atoms with van der Waals surface area (Å²) in [7, 11) is 0. The van der Waals surface area contributed by atoms with Gasteiger partial charge in [0.25, 0.3) is 0 Å². The molecule has 0 radical (unpaired) electrons. The van der Waals surface area contributed by atoms with Gasteiger partial charge < -0.3 is 15.6 Å². The molecule has 2 fully saturated rings. The first kappa shape index (κ1) is 23.2. The molecule has 3 heterocycles. The fourth-order valence-electron chi connectivity index (χ4n) is 6.01. The molecule has 186 valence electrons.